The van der Waals surface area contributed by atoms with Gasteiger partial charge in [-0.2, -0.15) is 10.2 Å². The van der Waals surface area contributed by atoms with Crippen LogP contribution in [-0.2, 0) is 26.6 Å². The Bertz CT molecular complexity index is 509. The fourth-order valence-electron chi connectivity index (χ4n) is 2.05. The first-order valence-corrected chi connectivity index (χ1v) is 6.53. The van der Waals surface area contributed by atoms with Crippen molar-refractivity contribution in [3.05, 3.63) is 35.9 Å². The lowest BCUT2D eigenvalue weighted by Gasteiger charge is -2.02. The van der Waals surface area contributed by atoms with E-state index >= 15 is 0 Å². The van der Waals surface area contributed by atoms with Crippen molar-refractivity contribution in [1.29, 1.82) is 0 Å². The molecule has 2 heterocycles. The van der Waals surface area contributed by atoms with Crippen molar-refractivity contribution in [2.75, 3.05) is 0 Å². The van der Waals surface area contributed by atoms with E-state index in [1.807, 2.05) is 28.8 Å². The van der Waals surface area contributed by atoms with Gasteiger partial charge in [-0.05, 0) is 18.9 Å². The highest BCUT2D eigenvalue weighted by atomic mass is 15.3. The van der Waals surface area contributed by atoms with Crippen LogP contribution in [0.5, 0.6) is 0 Å². The summed E-state index contributed by atoms with van der Waals surface area (Å²) < 4.78 is 3.93. The molecule has 0 unspecified atom stereocenters. The van der Waals surface area contributed by atoms with Gasteiger partial charge in [0.05, 0.1) is 6.20 Å². The Morgan fingerprint density at radius 3 is 3.00 bits per heavy atom. The van der Waals surface area contributed by atoms with Gasteiger partial charge in [0.1, 0.15) is 0 Å². The van der Waals surface area contributed by atoms with E-state index in [4.69, 9.17) is 0 Å². The molecule has 0 aliphatic heterocycles. The zero-order valence-electron chi connectivity index (χ0n) is 10.7. The predicted molar refractivity (Wildman–Crippen MR) is 69.0 cm³/mol. The van der Waals surface area contributed by atoms with Crippen LogP contribution in [-0.4, -0.2) is 25.6 Å². The molecule has 1 saturated carbocycles. The maximum atomic E-state index is 4.39. The van der Waals surface area contributed by atoms with Crippen LogP contribution >= 0.6 is 0 Å². The summed E-state index contributed by atoms with van der Waals surface area (Å²) in [6, 6.07) is 2.81. The lowest BCUT2D eigenvalue weighted by molar-refractivity contribution is 0.585. The van der Waals surface area contributed by atoms with E-state index in [9.17, 15) is 0 Å². The van der Waals surface area contributed by atoms with Crippen molar-refractivity contribution in [1.82, 2.24) is 24.9 Å². The molecule has 3 rings (SSSR count). The number of nitrogens with zero attached hydrogens (tertiary/aromatic N) is 4. The summed E-state index contributed by atoms with van der Waals surface area (Å²) in [7, 11) is 1.98. The van der Waals surface area contributed by atoms with Crippen molar-refractivity contribution < 1.29 is 0 Å². The van der Waals surface area contributed by atoms with E-state index in [0.29, 0.717) is 0 Å². The van der Waals surface area contributed by atoms with Crippen LogP contribution in [0.3, 0.4) is 0 Å². The summed E-state index contributed by atoms with van der Waals surface area (Å²) in [5.41, 5.74) is 2.51. The molecule has 2 aromatic rings. The Balaban J connectivity index is 1.51. The van der Waals surface area contributed by atoms with Crippen LogP contribution in [0, 0.1) is 0 Å². The maximum Gasteiger partial charge on any atom is 0.0534 e. The second kappa shape index (κ2) is 4.94. The zero-order chi connectivity index (χ0) is 12.4. The van der Waals surface area contributed by atoms with Gasteiger partial charge in [0.2, 0.25) is 0 Å². The monoisotopic (exact) mass is 245 g/mol. The molecule has 0 saturated heterocycles. The van der Waals surface area contributed by atoms with Crippen molar-refractivity contribution in [3.8, 4) is 0 Å². The number of aryl methyl sites for hydroxylation is 3. The van der Waals surface area contributed by atoms with Crippen molar-refractivity contribution in [2.24, 2.45) is 7.05 Å². The molecule has 0 atom stereocenters. The molecule has 1 fully saturated rings. The summed E-state index contributed by atoms with van der Waals surface area (Å²) in [6.07, 6.45) is 9.55. The minimum absolute atomic E-state index is 0.753. The standard InChI is InChI=1S/C13H19N5/c1-17-13(4-6-15-17)5-7-18-10-11(9-16-18)8-14-12-2-3-12/h4,6,9-10,12,14H,2-3,5,7-8H2,1H3. The lowest BCUT2D eigenvalue weighted by atomic mass is 10.3. The molecule has 0 amide bonds. The van der Waals surface area contributed by atoms with E-state index in [1.54, 1.807) is 0 Å². The lowest BCUT2D eigenvalue weighted by Crippen LogP contribution is -2.14. The second-order valence-corrected chi connectivity index (χ2v) is 4.96. The minimum atomic E-state index is 0.753. The Morgan fingerprint density at radius 1 is 1.39 bits per heavy atom. The molecule has 5 heteroatoms. The van der Waals surface area contributed by atoms with Gasteiger partial charge in [0, 0.05) is 56.3 Å². The summed E-state index contributed by atoms with van der Waals surface area (Å²) in [5.74, 6) is 0. The molecule has 0 aromatic carbocycles. The smallest absolute Gasteiger partial charge is 0.0534 e. The highest BCUT2D eigenvalue weighted by Crippen LogP contribution is 2.19. The van der Waals surface area contributed by atoms with Crippen molar-refractivity contribution >= 4 is 0 Å². The first kappa shape index (κ1) is 11.5. The molecule has 0 bridgehead atoms. The first-order valence-electron chi connectivity index (χ1n) is 6.53. The normalized spacial score (nSPS) is 15.2. The molecule has 1 aliphatic carbocycles. The molecule has 0 radical (unpaired) electrons. The Kier molecular flexibility index (Phi) is 3.15. The summed E-state index contributed by atoms with van der Waals surface area (Å²) >= 11 is 0. The zero-order valence-corrected chi connectivity index (χ0v) is 10.7. The number of hydrogen-bond donors (Lipinski definition) is 1. The molecule has 18 heavy (non-hydrogen) atoms. The second-order valence-electron chi connectivity index (χ2n) is 4.96. The number of aromatic nitrogens is 4. The molecule has 1 aliphatic rings. The molecule has 96 valence electrons. The Hall–Kier alpha value is -1.62. The van der Waals surface area contributed by atoms with Gasteiger partial charge in [-0.3, -0.25) is 9.36 Å². The fourth-order valence-corrected chi connectivity index (χ4v) is 2.05. The van der Waals surface area contributed by atoms with Gasteiger partial charge in [-0.1, -0.05) is 0 Å². The summed E-state index contributed by atoms with van der Waals surface area (Å²) in [4.78, 5) is 0. The van der Waals surface area contributed by atoms with Crippen LogP contribution in [0.1, 0.15) is 24.1 Å². The molecule has 2 aromatic heterocycles. The molecular weight excluding hydrogens is 226 g/mol. The van der Waals surface area contributed by atoms with E-state index in [0.717, 1.165) is 25.6 Å². The first-order chi connectivity index (χ1) is 8.81. The third kappa shape index (κ3) is 2.79. The Morgan fingerprint density at radius 2 is 2.28 bits per heavy atom. The SMILES string of the molecule is Cn1nccc1CCn1cc(CNC2CC2)cn1. The Labute approximate surface area is 107 Å². The van der Waals surface area contributed by atoms with Crippen LogP contribution in [0.2, 0.25) is 0 Å². The molecular formula is C13H19N5. The highest BCUT2D eigenvalue weighted by molar-refractivity contribution is 5.05. The van der Waals surface area contributed by atoms with Crippen LogP contribution in [0.15, 0.2) is 24.7 Å². The van der Waals surface area contributed by atoms with Crippen molar-refractivity contribution in [2.45, 2.75) is 38.4 Å². The van der Waals surface area contributed by atoms with Gasteiger partial charge < -0.3 is 5.32 Å². The molecule has 1 N–H and O–H groups in total. The number of nitrogens with one attached hydrogen (secondary N) is 1. The van der Waals surface area contributed by atoms with Gasteiger partial charge in [-0.15, -0.1) is 0 Å². The van der Waals surface area contributed by atoms with E-state index in [2.05, 4.69) is 27.8 Å². The van der Waals surface area contributed by atoms with Crippen LogP contribution in [0.4, 0.5) is 0 Å². The van der Waals surface area contributed by atoms with Crippen molar-refractivity contribution in [3.63, 3.8) is 0 Å². The van der Waals surface area contributed by atoms with Gasteiger partial charge >= 0.3 is 0 Å². The highest BCUT2D eigenvalue weighted by Gasteiger charge is 2.20. The van der Waals surface area contributed by atoms with Gasteiger partial charge in [-0.25, -0.2) is 0 Å². The third-order valence-electron chi connectivity index (χ3n) is 3.38. The largest absolute Gasteiger partial charge is 0.310 e. The van der Waals surface area contributed by atoms with Crippen LogP contribution < -0.4 is 5.32 Å². The molecule has 5 nitrogen and oxygen atoms in total. The minimum Gasteiger partial charge on any atom is -0.310 e. The molecule has 0 spiro atoms. The van der Waals surface area contributed by atoms with Crippen LogP contribution in [0.25, 0.3) is 0 Å². The van der Waals surface area contributed by atoms with E-state index in [1.165, 1.54) is 24.1 Å². The maximum absolute atomic E-state index is 4.39. The third-order valence-corrected chi connectivity index (χ3v) is 3.38. The average molecular weight is 245 g/mol. The van der Waals surface area contributed by atoms with E-state index in [-0.39, 0.29) is 0 Å². The fraction of sp³-hybridized carbons (Fsp3) is 0.538. The number of hydrogen-bond acceptors (Lipinski definition) is 3. The summed E-state index contributed by atoms with van der Waals surface area (Å²) in [6.45, 7) is 1.85. The predicted octanol–water partition coefficient (Wildman–Crippen LogP) is 1.11. The van der Waals surface area contributed by atoms with Gasteiger partial charge in [0.25, 0.3) is 0 Å². The summed E-state index contributed by atoms with van der Waals surface area (Å²) in [5, 5.41) is 12.1. The average Bonchev–Trinajstić information content (AvgIpc) is 2.94. The quantitative estimate of drug-likeness (QED) is 0.829. The number of rotatable bonds is 6. The topological polar surface area (TPSA) is 47.7 Å². The van der Waals surface area contributed by atoms with E-state index < -0.39 is 0 Å². The van der Waals surface area contributed by atoms with Gasteiger partial charge in [0.15, 0.2) is 0 Å².